The van der Waals surface area contributed by atoms with E-state index in [4.69, 9.17) is 5.11 Å². The largest absolute Gasteiger partial charge is 0.508 e. The molecule has 0 bridgehead atoms. The first-order chi connectivity index (χ1) is 7.47. The van der Waals surface area contributed by atoms with Crippen molar-refractivity contribution in [2.24, 2.45) is 0 Å². The second kappa shape index (κ2) is 3.60. The molecule has 0 aromatic heterocycles. The van der Waals surface area contributed by atoms with Gasteiger partial charge in [0.25, 0.3) is 0 Å². The average Bonchev–Trinajstić information content (AvgIpc) is 2.39. The third-order valence-corrected chi connectivity index (χ3v) is 3.38. The van der Waals surface area contributed by atoms with Crippen LogP contribution in [0.2, 0.25) is 0 Å². The molecule has 1 aliphatic heterocycles. The third-order valence-electron chi connectivity index (χ3n) is 2.06. The van der Waals surface area contributed by atoms with Crippen molar-refractivity contribution in [2.75, 3.05) is 0 Å². The second-order valence-corrected chi connectivity index (χ2v) is 4.96. The SMILES string of the molecule is O=S1(=O)NC(O)=CN1Cc1cccc(O)c1. The summed E-state index contributed by atoms with van der Waals surface area (Å²) in [6, 6.07) is 6.25. The van der Waals surface area contributed by atoms with Gasteiger partial charge in [0.15, 0.2) is 0 Å². The van der Waals surface area contributed by atoms with Crippen LogP contribution < -0.4 is 4.72 Å². The highest BCUT2D eigenvalue weighted by Gasteiger charge is 2.26. The van der Waals surface area contributed by atoms with E-state index in [-0.39, 0.29) is 12.3 Å². The number of benzene rings is 1. The number of hydrogen-bond acceptors (Lipinski definition) is 4. The molecule has 0 fully saturated rings. The Morgan fingerprint density at radius 2 is 2.06 bits per heavy atom. The standard InChI is InChI=1S/C9H10N2O4S/c12-8-3-1-2-7(4-8)5-11-6-9(13)10-16(11,14)15/h1-4,6,10,12-13H,5H2. The highest BCUT2D eigenvalue weighted by molar-refractivity contribution is 7.87. The van der Waals surface area contributed by atoms with E-state index in [0.717, 1.165) is 10.5 Å². The van der Waals surface area contributed by atoms with E-state index in [1.54, 1.807) is 12.1 Å². The number of rotatable bonds is 2. The highest BCUT2D eigenvalue weighted by Crippen LogP contribution is 2.17. The van der Waals surface area contributed by atoms with Crippen LogP contribution in [0, 0.1) is 0 Å². The lowest BCUT2D eigenvalue weighted by Crippen LogP contribution is -2.29. The lowest BCUT2D eigenvalue weighted by molar-refractivity contribution is 0.390. The van der Waals surface area contributed by atoms with Crippen molar-refractivity contribution in [1.29, 1.82) is 0 Å². The molecule has 1 aromatic carbocycles. The lowest BCUT2D eigenvalue weighted by Gasteiger charge is -2.13. The zero-order valence-electron chi connectivity index (χ0n) is 8.16. The van der Waals surface area contributed by atoms with Crippen LogP contribution in [0.4, 0.5) is 0 Å². The molecule has 16 heavy (non-hydrogen) atoms. The van der Waals surface area contributed by atoms with Crippen molar-refractivity contribution in [3.8, 4) is 5.75 Å². The Balaban J connectivity index is 2.23. The minimum atomic E-state index is -3.69. The van der Waals surface area contributed by atoms with Gasteiger partial charge in [-0.05, 0) is 17.7 Å². The molecule has 0 radical (unpaired) electrons. The van der Waals surface area contributed by atoms with Crippen molar-refractivity contribution >= 4 is 10.2 Å². The minimum Gasteiger partial charge on any atom is -0.508 e. The molecule has 6 nitrogen and oxygen atoms in total. The molecule has 1 heterocycles. The maximum Gasteiger partial charge on any atom is 0.326 e. The van der Waals surface area contributed by atoms with Gasteiger partial charge in [-0.2, -0.15) is 8.42 Å². The van der Waals surface area contributed by atoms with Crippen molar-refractivity contribution in [3.05, 3.63) is 41.9 Å². The quantitative estimate of drug-likeness (QED) is 0.700. The van der Waals surface area contributed by atoms with E-state index in [1.165, 1.54) is 12.1 Å². The maximum absolute atomic E-state index is 11.4. The lowest BCUT2D eigenvalue weighted by atomic mass is 10.2. The number of nitrogens with zero attached hydrogens (tertiary/aromatic N) is 1. The maximum atomic E-state index is 11.4. The number of aromatic hydroxyl groups is 1. The molecule has 1 aromatic rings. The molecule has 7 heteroatoms. The monoisotopic (exact) mass is 242 g/mol. The molecule has 2 rings (SSSR count). The fraction of sp³-hybridized carbons (Fsp3) is 0.111. The molecule has 0 aliphatic carbocycles. The van der Waals surface area contributed by atoms with E-state index in [9.17, 15) is 13.5 Å². The van der Waals surface area contributed by atoms with E-state index < -0.39 is 16.1 Å². The summed E-state index contributed by atoms with van der Waals surface area (Å²) in [6.07, 6.45) is 1.08. The third kappa shape index (κ3) is 2.03. The molecular weight excluding hydrogens is 232 g/mol. The molecular formula is C9H10N2O4S. The Hall–Kier alpha value is -1.89. The average molecular weight is 242 g/mol. The van der Waals surface area contributed by atoms with Crippen molar-refractivity contribution in [2.45, 2.75) is 6.54 Å². The summed E-state index contributed by atoms with van der Waals surface area (Å²) in [6.45, 7) is 0.0494. The first-order valence-electron chi connectivity index (χ1n) is 4.46. The zero-order chi connectivity index (χ0) is 11.8. The second-order valence-electron chi connectivity index (χ2n) is 3.34. The van der Waals surface area contributed by atoms with Gasteiger partial charge in [-0.1, -0.05) is 12.1 Å². The van der Waals surface area contributed by atoms with Gasteiger partial charge in [-0.3, -0.25) is 4.31 Å². The molecule has 0 spiro atoms. The van der Waals surface area contributed by atoms with Gasteiger partial charge in [0.1, 0.15) is 5.75 Å². The van der Waals surface area contributed by atoms with Crippen LogP contribution in [-0.4, -0.2) is 22.9 Å². The van der Waals surface area contributed by atoms with Gasteiger partial charge in [0, 0.05) is 0 Å². The minimum absolute atomic E-state index is 0.0494. The van der Waals surface area contributed by atoms with Gasteiger partial charge in [0.2, 0.25) is 5.88 Å². The van der Waals surface area contributed by atoms with Crippen LogP contribution in [0.5, 0.6) is 5.75 Å². The Morgan fingerprint density at radius 1 is 1.31 bits per heavy atom. The molecule has 0 unspecified atom stereocenters. The number of aliphatic hydroxyl groups is 1. The van der Waals surface area contributed by atoms with Gasteiger partial charge < -0.3 is 10.2 Å². The van der Waals surface area contributed by atoms with Crippen LogP contribution >= 0.6 is 0 Å². The summed E-state index contributed by atoms with van der Waals surface area (Å²) in [5.74, 6) is -0.351. The molecule has 3 N–H and O–H groups in total. The number of hydrogen-bond donors (Lipinski definition) is 3. The van der Waals surface area contributed by atoms with E-state index >= 15 is 0 Å². The number of aliphatic hydroxyl groups excluding tert-OH is 1. The van der Waals surface area contributed by atoms with Gasteiger partial charge in [-0.25, -0.2) is 4.72 Å². The van der Waals surface area contributed by atoms with Crippen molar-refractivity contribution in [1.82, 2.24) is 9.03 Å². The van der Waals surface area contributed by atoms with Crippen molar-refractivity contribution < 1.29 is 18.6 Å². The van der Waals surface area contributed by atoms with Crippen LogP contribution in [0.3, 0.4) is 0 Å². The Labute approximate surface area is 92.6 Å². The molecule has 0 saturated carbocycles. The number of phenolic OH excluding ortho intramolecular Hbond substituents is 1. The Bertz CT molecular complexity index is 538. The topological polar surface area (TPSA) is 89.9 Å². The smallest absolute Gasteiger partial charge is 0.326 e. The van der Waals surface area contributed by atoms with E-state index in [0.29, 0.717) is 5.56 Å². The predicted octanol–water partition coefficient (Wildman–Crippen LogP) is 0.399. The molecule has 0 atom stereocenters. The van der Waals surface area contributed by atoms with Crippen LogP contribution in [0.1, 0.15) is 5.56 Å². The summed E-state index contributed by atoms with van der Waals surface area (Å²) in [5, 5.41) is 18.3. The summed E-state index contributed by atoms with van der Waals surface area (Å²) >= 11 is 0. The molecule has 0 amide bonds. The fourth-order valence-corrected chi connectivity index (χ4v) is 2.38. The highest BCUT2D eigenvalue weighted by atomic mass is 32.2. The van der Waals surface area contributed by atoms with E-state index in [1.807, 2.05) is 4.72 Å². The van der Waals surface area contributed by atoms with Gasteiger partial charge in [-0.15, -0.1) is 0 Å². The first kappa shape index (κ1) is 10.6. The van der Waals surface area contributed by atoms with E-state index in [2.05, 4.69) is 0 Å². The number of phenols is 1. The first-order valence-corrected chi connectivity index (χ1v) is 5.90. The Morgan fingerprint density at radius 3 is 2.62 bits per heavy atom. The molecule has 0 saturated heterocycles. The predicted molar refractivity (Wildman–Crippen MR) is 56.4 cm³/mol. The van der Waals surface area contributed by atoms with Crippen LogP contribution in [0.15, 0.2) is 36.3 Å². The normalized spacial score (nSPS) is 18.0. The fourth-order valence-electron chi connectivity index (χ4n) is 1.39. The molecule has 1 aliphatic rings. The zero-order valence-corrected chi connectivity index (χ0v) is 8.98. The summed E-state index contributed by atoms with van der Waals surface area (Å²) in [7, 11) is -3.69. The molecule has 86 valence electrons. The van der Waals surface area contributed by atoms with Crippen LogP contribution in [0.25, 0.3) is 0 Å². The van der Waals surface area contributed by atoms with Gasteiger partial charge in [0.05, 0.1) is 12.7 Å². The summed E-state index contributed by atoms with van der Waals surface area (Å²) in [5.41, 5.74) is 0.622. The van der Waals surface area contributed by atoms with Crippen molar-refractivity contribution in [3.63, 3.8) is 0 Å². The van der Waals surface area contributed by atoms with Gasteiger partial charge >= 0.3 is 10.2 Å². The number of nitrogens with one attached hydrogen (secondary N) is 1. The van der Waals surface area contributed by atoms with Crippen LogP contribution in [-0.2, 0) is 16.8 Å². The summed E-state index contributed by atoms with van der Waals surface area (Å²) < 4.78 is 25.7. The Kier molecular flexibility index (Phi) is 2.39. The summed E-state index contributed by atoms with van der Waals surface area (Å²) in [4.78, 5) is 0.